The van der Waals surface area contributed by atoms with Crippen molar-refractivity contribution in [2.45, 2.75) is 18.7 Å². The maximum Gasteiger partial charge on any atom is 0.573 e. The molecule has 1 saturated carbocycles. The van der Waals surface area contributed by atoms with Gasteiger partial charge in [0.1, 0.15) is 12.3 Å². The zero-order chi connectivity index (χ0) is 18.6. The highest BCUT2D eigenvalue weighted by Crippen LogP contribution is 2.51. The number of para-hydroxylation sites is 1. The monoisotopic (exact) mass is 361 g/mol. The highest BCUT2D eigenvalue weighted by atomic mass is 19.4. The van der Waals surface area contributed by atoms with Crippen molar-refractivity contribution < 1.29 is 37.3 Å². The van der Waals surface area contributed by atoms with E-state index in [2.05, 4.69) is 4.74 Å². The third kappa shape index (κ3) is 5.35. The molecule has 138 valence electrons. The SMILES string of the molecule is COCCN(CC(=O)O)C(=O)[C@H]1C[C@@H]1c1ccccc1OC(F)(F)F. The van der Waals surface area contributed by atoms with Crippen LogP contribution in [0.5, 0.6) is 5.75 Å². The first-order valence-corrected chi connectivity index (χ1v) is 7.57. The van der Waals surface area contributed by atoms with Crippen molar-refractivity contribution in [1.29, 1.82) is 0 Å². The first-order chi connectivity index (χ1) is 11.7. The fourth-order valence-corrected chi connectivity index (χ4v) is 2.68. The number of ether oxygens (including phenoxy) is 2. The summed E-state index contributed by atoms with van der Waals surface area (Å²) in [6.07, 6.45) is -4.47. The quantitative estimate of drug-likeness (QED) is 0.769. The molecule has 0 heterocycles. The Morgan fingerprint density at radius 3 is 2.60 bits per heavy atom. The highest BCUT2D eigenvalue weighted by Gasteiger charge is 2.48. The van der Waals surface area contributed by atoms with Crippen LogP contribution in [-0.2, 0) is 14.3 Å². The minimum absolute atomic E-state index is 0.103. The van der Waals surface area contributed by atoms with Crippen molar-refractivity contribution in [3.8, 4) is 5.75 Å². The second-order valence-corrected chi connectivity index (χ2v) is 5.68. The Bertz CT molecular complexity index is 634. The molecular formula is C16H18F3NO5. The third-order valence-corrected chi connectivity index (χ3v) is 3.85. The van der Waals surface area contributed by atoms with Crippen LogP contribution in [0.15, 0.2) is 24.3 Å². The average molecular weight is 361 g/mol. The summed E-state index contributed by atoms with van der Waals surface area (Å²) >= 11 is 0. The van der Waals surface area contributed by atoms with Crippen molar-refractivity contribution in [3.05, 3.63) is 29.8 Å². The maximum absolute atomic E-state index is 12.5. The van der Waals surface area contributed by atoms with Gasteiger partial charge in [-0.3, -0.25) is 9.59 Å². The smallest absolute Gasteiger partial charge is 0.480 e. The zero-order valence-electron chi connectivity index (χ0n) is 13.5. The molecule has 0 bridgehead atoms. The molecule has 1 aromatic rings. The van der Waals surface area contributed by atoms with E-state index in [1.807, 2.05) is 0 Å². The van der Waals surface area contributed by atoms with Crippen LogP contribution in [0.3, 0.4) is 0 Å². The lowest BCUT2D eigenvalue weighted by molar-refractivity contribution is -0.274. The molecule has 0 aromatic heterocycles. The molecule has 2 atom stereocenters. The van der Waals surface area contributed by atoms with Crippen molar-refractivity contribution in [1.82, 2.24) is 4.90 Å². The van der Waals surface area contributed by atoms with E-state index in [-0.39, 0.29) is 18.9 Å². The number of carbonyl (C=O) groups is 2. The lowest BCUT2D eigenvalue weighted by atomic mass is 10.1. The number of benzene rings is 1. The standard InChI is InChI=1S/C16H18F3NO5/c1-24-7-6-20(9-14(21)22)15(23)12-8-11(12)10-4-2-3-5-13(10)25-16(17,18)19/h2-5,11-12H,6-9H2,1H3,(H,21,22)/t11-,12+/m1/s1. The van der Waals surface area contributed by atoms with Crippen molar-refractivity contribution in [2.75, 3.05) is 26.8 Å². The highest BCUT2D eigenvalue weighted by molar-refractivity contribution is 5.86. The van der Waals surface area contributed by atoms with Crippen LogP contribution in [0.25, 0.3) is 0 Å². The second kappa shape index (κ2) is 7.73. The zero-order valence-corrected chi connectivity index (χ0v) is 13.5. The number of carboxylic acids is 1. The molecule has 0 spiro atoms. The normalized spacial score (nSPS) is 19.4. The number of halogens is 3. The fourth-order valence-electron chi connectivity index (χ4n) is 2.68. The summed E-state index contributed by atoms with van der Waals surface area (Å²) in [6.45, 7) is -0.207. The van der Waals surface area contributed by atoms with E-state index in [4.69, 9.17) is 9.84 Å². The van der Waals surface area contributed by atoms with Gasteiger partial charge in [-0.25, -0.2) is 0 Å². The van der Waals surface area contributed by atoms with Gasteiger partial charge in [0.15, 0.2) is 0 Å². The molecule has 1 amide bonds. The Hall–Kier alpha value is -2.29. The van der Waals surface area contributed by atoms with Crippen molar-refractivity contribution in [3.63, 3.8) is 0 Å². The first kappa shape index (κ1) is 19.0. The van der Waals surface area contributed by atoms with E-state index in [9.17, 15) is 22.8 Å². The molecule has 0 unspecified atom stereocenters. The third-order valence-electron chi connectivity index (χ3n) is 3.85. The minimum atomic E-state index is -4.82. The number of aliphatic carboxylic acids is 1. The van der Waals surface area contributed by atoms with Gasteiger partial charge in [0.2, 0.25) is 5.91 Å². The van der Waals surface area contributed by atoms with Crippen molar-refractivity contribution in [2.24, 2.45) is 5.92 Å². The van der Waals surface area contributed by atoms with Crippen LogP contribution in [0.2, 0.25) is 0 Å². The summed E-state index contributed by atoms with van der Waals surface area (Å²) in [4.78, 5) is 24.5. The van der Waals surface area contributed by atoms with Gasteiger partial charge in [-0.15, -0.1) is 13.2 Å². The number of nitrogens with zero attached hydrogens (tertiary/aromatic N) is 1. The van der Waals surface area contributed by atoms with Crippen LogP contribution in [0.4, 0.5) is 13.2 Å². The molecule has 1 aliphatic rings. The molecule has 1 N–H and O–H groups in total. The van der Waals surface area contributed by atoms with Gasteiger partial charge in [0.05, 0.1) is 6.61 Å². The Morgan fingerprint density at radius 2 is 2.00 bits per heavy atom. The van der Waals surface area contributed by atoms with Gasteiger partial charge in [0.25, 0.3) is 0 Å². The number of hydrogen-bond donors (Lipinski definition) is 1. The van der Waals surface area contributed by atoms with Crippen LogP contribution in [0.1, 0.15) is 17.9 Å². The first-order valence-electron chi connectivity index (χ1n) is 7.57. The van der Waals surface area contributed by atoms with Crippen LogP contribution in [-0.4, -0.2) is 55.1 Å². The number of carbonyl (C=O) groups excluding carboxylic acids is 1. The molecule has 1 fully saturated rings. The largest absolute Gasteiger partial charge is 0.573 e. The van der Waals surface area contributed by atoms with Gasteiger partial charge < -0.3 is 19.5 Å². The van der Waals surface area contributed by atoms with Crippen LogP contribution >= 0.6 is 0 Å². The van der Waals surface area contributed by atoms with Gasteiger partial charge >= 0.3 is 12.3 Å². The summed E-state index contributed by atoms with van der Waals surface area (Å²) in [5.41, 5.74) is 0.292. The summed E-state index contributed by atoms with van der Waals surface area (Å²) in [6, 6.07) is 5.66. The number of rotatable bonds is 8. The predicted molar refractivity (Wildman–Crippen MR) is 80.1 cm³/mol. The molecular weight excluding hydrogens is 343 g/mol. The Kier molecular flexibility index (Phi) is 5.89. The number of hydrogen-bond acceptors (Lipinski definition) is 4. The lowest BCUT2D eigenvalue weighted by Crippen LogP contribution is -2.39. The van der Waals surface area contributed by atoms with Gasteiger partial charge in [-0.2, -0.15) is 0 Å². The maximum atomic E-state index is 12.5. The molecule has 1 aromatic carbocycles. The number of amides is 1. The summed E-state index contributed by atoms with van der Waals surface area (Å²) in [5, 5.41) is 8.91. The van der Waals surface area contributed by atoms with Crippen LogP contribution in [0, 0.1) is 5.92 Å². The molecule has 6 nitrogen and oxygen atoms in total. The summed E-state index contributed by atoms with van der Waals surface area (Å²) in [7, 11) is 1.42. The molecule has 0 radical (unpaired) electrons. The fraction of sp³-hybridized carbons (Fsp3) is 0.500. The van der Waals surface area contributed by atoms with E-state index in [0.717, 1.165) is 4.90 Å². The van der Waals surface area contributed by atoms with E-state index < -0.39 is 36.6 Å². The van der Waals surface area contributed by atoms with E-state index >= 15 is 0 Å². The average Bonchev–Trinajstić information content (AvgIpc) is 3.29. The lowest BCUT2D eigenvalue weighted by Gasteiger charge is -2.20. The second-order valence-electron chi connectivity index (χ2n) is 5.68. The summed E-state index contributed by atoms with van der Waals surface area (Å²) < 4.78 is 46.4. The molecule has 0 saturated heterocycles. The molecule has 25 heavy (non-hydrogen) atoms. The van der Waals surface area contributed by atoms with Gasteiger partial charge in [-0.1, -0.05) is 18.2 Å². The Morgan fingerprint density at radius 1 is 1.32 bits per heavy atom. The number of carboxylic acid groups (broad SMARTS) is 1. The molecule has 9 heteroatoms. The van der Waals surface area contributed by atoms with Gasteiger partial charge in [-0.05, 0) is 24.0 Å². The number of methoxy groups -OCH3 is 1. The Balaban J connectivity index is 2.10. The minimum Gasteiger partial charge on any atom is -0.480 e. The van der Waals surface area contributed by atoms with E-state index in [1.54, 1.807) is 6.07 Å². The van der Waals surface area contributed by atoms with Crippen molar-refractivity contribution >= 4 is 11.9 Å². The van der Waals surface area contributed by atoms with Gasteiger partial charge in [0, 0.05) is 19.6 Å². The molecule has 0 aliphatic heterocycles. The summed E-state index contributed by atoms with van der Waals surface area (Å²) in [5.74, 6) is -2.90. The number of alkyl halides is 3. The molecule has 1 aliphatic carbocycles. The van der Waals surface area contributed by atoms with E-state index in [1.165, 1.54) is 25.3 Å². The predicted octanol–water partition coefficient (Wildman–Crippen LogP) is 2.25. The molecule has 2 rings (SSSR count). The van der Waals surface area contributed by atoms with E-state index in [0.29, 0.717) is 12.0 Å². The van der Waals surface area contributed by atoms with Crippen LogP contribution < -0.4 is 4.74 Å². The Labute approximate surface area is 142 Å². The topological polar surface area (TPSA) is 76.1 Å².